The van der Waals surface area contributed by atoms with Crippen LogP contribution in [-0.2, 0) is 0 Å². The second-order valence-corrected chi connectivity index (χ2v) is 5.36. The molecule has 100 valence electrons. The zero-order valence-electron chi connectivity index (χ0n) is 10.9. The van der Waals surface area contributed by atoms with E-state index in [4.69, 9.17) is 16.3 Å². The summed E-state index contributed by atoms with van der Waals surface area (Å²) >= 11 is 5.84. The van der Waals surface area contributed by atoms with Gasteiger partial charge in [-0.05, 0) is 24.3 Å². The lowest BCUT2D eigenvalue weighted by Crippen LogP contribution is -2.45. The monoisotopic (exact) mass is 268 g/mol. The van der Waals surface area contributed by atoms with E-state index in [2.05, 4.69) is 17.1 Å². The standard InChI is InChI=1S/C14H21ClN2O/c1-12(10-17-8-6-16-7-9-17)11-18-14-4-2-13(15)3-5-14/h2-5,12,16H,6-11H2,1H3. The first-order chi connectivity index (χ1) is 8.74. The van der Waals surface area contributed by atoms with Gasteiger partial charge in [0.2, 0.25) is 0 Å². The Kier molecular flexibility index (Phi) is 5.29. The minimum Gasteiger partial charge on any atom is -0.493 e. The van der Waals surface area contributed by atoms with Crippen LogP contribution >= 0.6 is 11.6 Å². The molecule has 0 aliphatic carbocycles. The van der Waals surface area contributed by atoms with E-state index in [1.165, 1.54) is 0 Å². The van der Waals surface area contributed by atoms with Crippen molar-refractivity contribution >= 4 is 11.6 Å². The van der Waals surface area contributed by atoms with Crippen molar-refractivity contribution < 1.29 is 4.74 Å². The summed E-state index contributed by atoms with van der Waals surface area (Å²) in [7, 11) is 0. The maximum atomic E-state index is 5.84. The molecule has 18 heavy (non-hydrogen) atoms. The third-order valence-electron chi connectivity index (χ3n) is 3.13. The molecule has 2 rings (SSSR count). The van der Waals surface area contributed by atoms with Crippen molar-refractivity contribution in [1.29, 1.82) is 0 Å². The van der Waals surface area contributed by atoms with Gasteiger partial charge in [-0.15, -0.1) is 0 Å². The first-order valence-electron chi connectivity index (χ1n) is 6.55. The van der Waals surface area contributed by atoms with Gasteiger partial charge < -0.3 is 15.0 Å². The van der Waals surface area contributed by atoms with Crippen LogP contribution in [0.4, 0.5) is 0 Å². The zero-order valence-corrected chi connectivity index (χ0v) is 11.6. The van der Waals surface area contributed by atoms with Crippen molar-refractivity contribution in [3.05, 3.63) is 29.3 Å². The van der Waals surface area contributed by atoms with Crippen LogP contribution in [-0.4, -0.2) is 44.2 Å². The van der Waals surface area contributed by atoms with Crippen LogP contribution < -0.4 is 10.1 Å². The van der Waals surface area contributed by atoms with Gasteiger partial charge in [0.05, 0.1) is 6.61 Å². The van der Waals surface area contributed by atoms with E-state index < -0.39 is 0 Å². The molecule has 0 spiro atoms. The molecule has 1 atom stereocenters. The third kappa shape index (κ3) is 4.48. The summed E-state index contributed by atoms with van der Waals surface area (Å²) in [6.07, 6.45) is 0. The minimum absolute atomic E-state index is 0.541. The normalized spacial score (nSPS) is 18.6. The summed E-state index contributed by atoms with van der Waals surface area (Å²) in [5, 5.41) is 4.11. The SMILES string of the molecule is CC(COc1ccc(Cl)cc1)CN1CCNCC1. The van der Waals surface area contributed by atoms with E-state index in [-0.39, 0.29) is 0 Å². The molecule has 0 radical (unpaired) electrons. The summed E-state index contributed by atoms with van der Waals surface area (Å²) in [6, 6.07) is 7.55. The molecule has 1 aromatic carbocycles. The highest BCUT2D eigenvalue weighted by atomic mass is 35.5. The molecule has 3 nitrogen and oxygen atoms in total. The van der Waals surface area contributed by atoms with Gasteiger partial charge in [-0.3, -0.25) is 0 Å². The fourth-order valence-electron chi connectivity index (χ4n) is 2.16. The molecule has 0 amide bonds. The number of nitrogens with zero attached hydrogens (tertiary/aromatic N) is 1. The molecular weight excluding hydrogens is 248 g/mol. The third-order valence-corrected chi connectivity index (χ3v) is 3.38. The average molecular weight is 269 g/mol. The first-order valence-corrected chi connectivity index (χ1v) is 6.93. The number of piperazine rings is 1. The Hall–Kier alpha value is -0.770. The molecule has 4 heteroatoms. The maximum absolute atomic E-state index is 5.84. The second-order valence-electron chi connectivity index (χ2n) is 4.92. The highest BCUT2D eigenvalue weighted by molar-refractivity contribution is 6.30. The Morgan fingerprint density at radius 1 is 1.28 bits per heavy atom. The van der Waals surface area contributed by atoms with Crippen molar-refractivity contribution in [2.24, 2.45) is 5.92 Å². The average Bonchev–Trinajstić information content (AvgIpc) is 2.39. The van der Waals surface area contributed by atoms with Crippen LogP contribution in [0.25, 0.3) is 0 Å². The summed E-state index contributed by atoms with van der Waals surface area (Å²) in [4.78, 5) is 2.49. The zero-order chi connectivity index (χ0) is 12.8. The van der Waals surface area contributed by atoms with E-state index >= 15 is 0 Å². The molecule has 1 aromatic rings. The lowest BCUT2D eigenvalue weighted by atomic mass is 10.1. The van der Waals surface area contributed by atoms with Gasteiger partial charge >= 0.3 is 0 Å². The summed E-state index contributed by atoms with van der Waals surface area (Å²) < 4.78 is 5.76. The molecule has 1 unspecified atom stereocenters. The first kappa shape index (κ1) is 13.7. The number of halogens is 1. The minimum atomic E-state index is 0.541. The fraction of sp³-hybridized carbons (Fsp3) is 0.571. The van der Waals surface area contributed by atoms with Gasteiger partial charge in [0, 0.05) is 43.7 Å². The van der Waals surface area contributed by atoms with Crippen molar-refractivity contribution in [3.8, 4) is 5.75 Å². The number of benzene rings is 1. The smallest absolute Gasteiger partial charge is 0.119 e. The Balaban J connectivity index is 1.70. The predicted octanol–water partition coefficient (Wildman–Crippen LogP) is 2.26. The van der Waals surface area contributed by atoms with Gasteiger partial charge in [0.25, 0.3) is 0 Å². The molecule has 0 aromatic heterocycles. The van der Waals surface area contributed by atoms with Gasteiger partial charge in [-0.1, -0.05) is 18.5 Å². The van der Waals surface area contributed by atoms with Crippen molar-refractivity contribution in [1.82, 2.24) is 10.2 Å². The molecule has 1 saturated heterocycles. The topological polar surface area (TPSA) is 24.5 Å². The van der Waals surface area contributed by atoms with Crippen LogP contribution in [0, 0.1) is 5.92 Å². The van der Waals surface area contributed by atoms with Crippen LogP contribution in [0.2, 0.25) is 5.02 Å². The highest BCUT2D eigenvalue weighted by Crippen LogP contribution is 2.16. The van der Waals surface area contributed by atoms with E-state index in [9.17, 15) is 0 Å². The fourth-order valence-corrected chi connectivity index (χ4v) is 2.28. The maximum Gasteiger partial charge on any atom is 0.119 e. The molecule has 0 bridgehead atoms. The Morgan fingerprint density at radius 2 is 1.94 bits per heavy atom. The number of hydrogen-bond donors (Lipinski definition) is 1. The number of hydrogen-bond acceptors (Lipinski definition) is 3. The summed E-state index contributed by atoms with van der Waals surface area (Å²) in [5.41, 5.74) is 0. The lowest BCUT2D eigenvalue weighted by Gasteiger charge is -2.29. The number of nitrogens with one attached hydrogen (secondary N) is 1. The summed E-state index contributed by atoms with van der Waals surface area (Å²) in [5.74, 6) is 1.44. The van der Waals surface area contributed by atoms with Gasteiger partial charge in [0.15, 0.2) is 0 Å². The quantitative estimate of drug-likeness (QED) is 0.887. The molecular formula is C14H21ClN2O. The van der Waals surface area contributed by atoms with E-state index in [1.807, 2.05) is 24.3 Å². The molecule has 1 fully saturated rings. The molecule has 1 N–H and O–H groups in total. The Labute approximate surface area is 114 Å². The van der Waals surface area contributed by atoms with Crippen molar-refractivity contribution in [3.63, 3.8) is 0 Å². The molecule has 1 heterocycles. The lowest BCUT2D eigenvalue weighted by molar-refractivity contribution is 0.171. The van der Waals surface area contributed by atoms with Gasteiger partial charge in [-0.25, -0.2) is 0 Å². The van der Waals surface area contributed by atoms with Crippen LogP contribution in [0.5, 0.6) is 5.75 Å². The van der Waals surface area contributed by atoms with Crippen molar-refractivity contribution in [2.45, 2.75) is 6.92 Å². The highest BCUT2D eigenvalue weighted by Gasteiger charge is 2.13. The predicted molar refractivity (Wildman–Crippen MR) is 75.4 cm³/mol. The van der Waals surface area contributed by atoms with E-state index in [0.29, 0.717) is 5.92 Å². The van der Waals surface area contributed by atoms with E-state index in [1.54, 1.807) is 0 Å². The van der Waals surface area contributed by atoms with E-state index in [0.717, 1.165) is 50.1 Å². The van der Waals surface area contributed by atoms with Gasteiger partial charge in [0.1, 0.15) is 5.75 Å². The largest absolute Gasteiger partial charge is 0.493 e. The van der Waals surface area contributed by atoms with Crippen LogP contribution in [0.15, 0.2) is 24.3 Å². The van der Waals surface area contributed by atoms with Gasteiger partial charge in [-0.2, -0.15) is 0 Å². The Morgan fingerprint density at radius 3 is 2.61 bits per heavy atom. The summed E-state index contributed by atoms with van der Waals surface area (Å²) in [6.45, 7) is 8.59. The van der Waals surface area contributed by atoms with Crippen LogP contribution in [0.1, 0.15) is 6.92 Å². The Bertz CT molecular complexity index is 349. The molecule has 1 aliphatic heterocycles. The molecule has 0 saturated carbocycles. The van der Waals surface area contributed by atoms with Crippen molar-refractivity contribution in [2.75, 3.05) is 39.3 Å². The second kappa shape index (κ2) is 6.98. The molecule has 1 aliphatic rings. The van der Waals surface area contributed by atoms with Crippen LogP contribution in [0.3, 0.4) is 0 Å². The number of rotatable bonds is 5. The number of ether oxygens (including phenoxy) is 1.